The van der Waals surface area contributed by atoms with Gasteiger partial charge in [0.1, 0.15) is 6.10 Å². The lowest BCUT2D eigenvalue weighted by Crippen LogP contribution is -2.26. The van der Waals surface area contributed by atoms with Gasteiger partial charge in [0, 0.05) is 0 Å². The SMILES string of the molecule is Cc1ccc(C(F)(F)F)cc1C(O)C(O)CC(N)=O. The second-order valence-electron chi connectivity index (χ2n) is 4.25. The van der Waals surface area contributed by atoms with Crippen LogP contribution in [0.2, 0.25) is 0 Å². The summed E-state index contributed by atoms with van der Waals surface area (Å²) in [6, 6.07) is 2.83. The number of alkyl halides is 3. The molecule has 0 aromatic heterocycles. The maximum absolute atomic E-state index is 12.6. The lowest BCUT2D eigenvalue weighted by Gasteiger charge is -2.20. The van der Waals surface area contributed by atoms with E-state index in [4.69, 9.17) is 5.73 Å². The van der Waals surface area contributed by atoms with Gasteiger partial charge in [-0.2, -0.15) is 13.2 Å². The number of hydrogen-bond donors (Lipinski definition) is 3. The minimum atomic E-state index is -4.54. The number of benzene rings is 1. The molecule has 1 aromatic rings. The first-order chi connectivity index (χ1) is 8.62. The zero-order valence-electron chi connectivity index (χ0n) is 10.1. The quantitative estimate of drug-likeness (QED) is 0.775. The van der Waals surface area contributed by atoms with E-state index in [1.807, 2.05) is 0 Å². The Hall–Kier alpha value is -1.60. The van der Waals surface area contributed by atoms with Crippen LogP contribution in [0, 0.1) is 6.92 Å². The van der Waals surface area contributed by atoms with Crippen LogP contribution in [0.3, 0.4) is 0 Å². The molecule has 0 saturated heterocycles. The van der Waals surface area contributed by atoms with Gasteiger partial charge in [-0.1, -0.05) is 6.07 Å². The van der Waals surface area contributed by atoms with Gasteiger partial charge >= 0.3 is 6.18 Å². The number of halogens is 3. The third kappa shape index (κ3) is 3.93. The van der Waals surface area contributed by atoms with Crippen LogP contribution in [0.1, 0.15) is 29.2 Å². The van der Waals surface area contributed by atoms with Crippen LogP contribution in [-0.4, -0.2) is 22.2 Å². The van der Waals surface area contributed by atoms with Crippen molar-refractivity contribution in [2.75, 3.05) is 0 Å². The highest BCUT2D eigenvalue weighted by molar-refractivity contribution is 5.74. The van der Waals surface area contributed by atoms with Gasteiger partial charge in [-0.05, 0) is 30.2 Å². The van der Waals surface area contributed by atoms with Crippen molar-refractivity contribution in [3.8, 4) is 0 Å². The molecule has 19 heavy (non-hydrogen) atoms. The van der Waals surface area contributed by atoms with E-state index in [1.54, 1.807) is 0 Å². The number of aryl methyl sites for hydroxylation is 1. The summed E-state index contributed by atoms with van der Waals surface area (Å²) in [6.45, 7) is 1.50. The number of carbonyl (C=O) groups is 1. The number of nitrogens with two attached hydrogens (primary N) is 1. The van der Waals surface area contributed by atoms with Crippen molar-refractivity contribution >= 4 is 5.91 Å². The van der Waals surface area contributed by atoms with E-state index in [1.165, 1.54) is 13.0 Å². The molecular formula is C12H14F3NO3. The van der Waals surface area contributed by atoms with Gasteiger partial charge in [0.05, 0.1) is 18.1 Å². The highest BCUT2D eigenvalue weighted by Gasteiger charge is 2.32. The van der Waals surface area contributed by atoms with E-state index in [2.05, 4.69) is 0 Å². The van der Waals surface area contributed by atoms with Gasteiger partial charge < -0.3 is 15.9 Å². The fourth-order valence-corrected chi connectivity index (χ4v) is 1.66. The molecule has 0 aliphatic carbocycles. The van der Waals surface area contributed by atoms with Crippen molar-refractivity contribution in [2.24, 2.45) is 5.73 Å². The Bertz CT molecular complexity index is 474. The van der Waals surface area contributed by atoms with Crippen molar-refractivity contribution < 1.29 is 28.2 Å². The second-order valence-corrected chi connectivity index (χ2v) is 4.25. The highest BCUT2D eigenvalue weighted by atomic mass is 19.4. The Morgan fingerprint density at radius 3 is 2.42 bits per heavy atom. The van der Waals surface area contributed by atoms with E-state index < -0.39 is 36.3 Å². The van der Waals surface area contributed by atoms with E-state index in [9.17, 15) is 28.2 Å². The molecule has 0 spiro atoms. The Morgan fingerprint density at radius 1 is 1.37 bits per heavy atom. The standard InChI is InChI=1S/C12H14F3NO3/c1-6-2-3-7(12(13,14)15)4-8(6)11(19)9(17)5-10(16)18/h2-4,9,11,17,19H,5H2,1H3,(H2,16,18). The van der Waals surface area contributed by atoms with Gasteiger partial charge in [-0.15, -0.1) is 0 Å². The topological polar surface area (TPSA) is 83.6 Å². The molecule has 0 aliphatic rings. The molecule has 0 bridgehead atoms. The van der Waals surface area contributed by atoms with Gasteiger partial charge in [-0.3, -0.25) is 4.79 Å². The summed E-state index contributed by atoms with van der Waals surface area (Å²) in [5.41, 5.74) is 4.22. The predicted octanol–water partition coefficient (Wildman–Crippen LogP) is 1.28. The molecule has 1 rings (SSSR count). The van der Waals surface area contributed by atoms with Crippen molar-refractivity contribution in [2.45, 2.75) is 31.7 Å². The molecule has 2 unspecified atom stereocenters. The Morgan fingerprint density at radius 2 is 1.95 bits per heavy atom. The van der Waals surface area contributed by atoms with Gasteiger partial charge in [0.15, 0.2) is 0 Å². The molecule has 1 amide bonds. The zero-order valence-corrected chi connectivity index (χ0v) is 10.1. The summed E-state index contributed by atoms with van der Waals surface area (Å²) in [4.78, 5) is 10.6. The fraction of sp³-hybridized carbons (Fsp3) is 0.417. The van der Waals surface area contributed by atoms with Crippen LogP contribution in [-0.2, 0) is 11.0 Å². The molecule has 0 heterocycles. The van der Waals surface area contributed by atoms with E-state index in [-0.39, 0.29) is 5.56 Å². The number of hydrogen-bond acceptors (Lipinski definition) is 3. The summed E-state index contributed by atoms with van der Waals surface area (Å²) in [6.07, 6.45) is -8.22. The molecule has 1 aromatic carbocycles. The molecule has 4 nitrogen and oxygen atoms in total. The molecular weight excluding hydrogens is 263 g/mol. The third-order valence-corrected chi connectivity index (χ3v) is 2.70. The molecule has 106 valence electrons. The van der Waals surface area contributed by atoms with E-state index in [0.717, 1.165) is 12.1 Å². The Labute approximate surface area is 107 Å². The highest BCUT2D eigenvalue weighted by Crippen LogP contribution is 2.33. The Balaban J connectivity index is 3.08. The molecule has 0 radical (unpaired) electrons. The number of carbonyl (C=O) groups excluding carboxylic acids is 1. The molecule has 4 N–H and O–H groups in total. The van der Waals surface area contributed by atoms with Gasteiger partial charge in [0.25, 0.3) is 0 Å². The number of primary amides is 1. The van der Waals surface area contributed by atoms with Gasteiger partial charge in [-0.25, -0.2) is 0 Å². The monoisotopic (exact) mass is 277 g/mol. The smallest absolute Gasteiger partial charge is 0.390 e. The van der Waals surface area contributed by atoms with Gasteiger partial charge in [0.2, 0.25) is 5.91 Å². The second kappa shape index (κ2) is 5.58. The van der Waals surface area contributed by atoms with Crippen LogP contribution in [0.15, 0.2) is 18.2 Å². The molecule has 7 heteroatoms. The van der Waals surface area contributed by atoms with E-state index in [0.29, 0.717) is 5.56 Å². The van der Waals surface area contributed by atoms with Crippen molar-refractivity contribution in [1.82, 2.24) is 0 Å². The Kier molecular flexibility index (Phi) is 4.54. The van der Waals surface area contributed by atoms with Crippen LogP contribution in [0.25, 0.3) is 0 Å². The minimum Gasteiger partial charge on any atom is -0.390 e. The minimum absolute atomic E-state index is 0.0800. The van der Waals surface area contributed by atoms with E-state index >= 15 is 0 Å². The first kappa shape index (κ1) is 15.5. The van der Waals surface area contributed by atoms with Crippen molar-refractivity contribution in [3.05, 3.63) is 34.9 Å². The molecule has 0 saturated carbocycles. The summed E-state index contributed by atoms with van der Waals surface area (Å²) < 4.78 is 37.7. The zero-order chi connectivity index (χ0) is 14.8. The first-order valence-electron chi connectivity index (χ1n) is 5.45. The predicted molar refractivity (Wildman–Crippen MR) is 61.0 cm³/mol. The van der Waals surface area contributed by atoms with Crippen LogP contribution in [0.4, 0.5) is 13.2 Å². The molecule has 0 fully saturated rings. The number of rotatable bonds is 4. The average Bonchev–Trinajstić information content (AvgIpc) is 2.26. The third-order valence-electron chi connectivity index (χ3n) is 2.70. The molecule has 0 aliphatic heterocycles. The summed E-state index contributed by atoms with van der Waals surface area (Å²) in [5, 5.41) is 19.3. The van der Waals surface area contributed by atoms with Crippen LogP contribution >= 0.6 is 0 Å². The number of aliphatic hydroxyl groups excluding tert-OH is 2. The first-order valence-corrected chi connectivity index (χ1v) is 5.45. The largest absolute Gasteiger partial charge is 0.416 e. The number of amides is 1. The average molecular weight is 277 g/mol. The summed E-state index contributed by atoms with van der Waals surface area (Å²) >= 11 is 0. The lowest BCUT2D eigenvalue weighted by atomic mass is 9.95. The fourth-order valence-electron chi connectivity index (χ4n) is 1.66. The number of aliphatic hydroxyl groups is 2. The summed E-state index contributed by atoms with van der Waals surface area (Å²) in [5.74, 6) is -0.851. The lowest BCUT2D eigenvalue weighted by molar-refractivity contribution is -0.137. The van der Waals surface area contributed by atoms with Crippen LogP contribution < -0.4 is 5.73 Å². The van der Waals surface area contributed by atoms with Crippen molar-refractivity contribution in [1.29, 1.82) is 0 Å². The maximum atomic E-state index is 12.6. The maximum Gasteiger partial charge on any atom is 0.416 e. The van der Waals surface area contributed by atoms with Crippen LogP contribution in [0.5, 0.6) is 0 Å². The molecule has 2 atom stereocenters. The summed E-state index contributed by atoms with van der Waals surface area (Å²) in [7, 11) is 0. The van der Waals surface area contributed by atoms with Crippen molar-refractivity contribution in [3.63, 3.8) is 0 Å². The normalized spacial score (nSPS) is 15.1.